The van der Waals surface area contributed by atoms with Crippen LogP contribution in [0.25, 0.3) is 0 Å². The summed E-state index contributed by atoms with van der Waals surface area (Å²) in [6, 6.07) is 7.38. The Morgan fingerprint density at radius 2 is 1.59 bits per heavy atom. The Morgan fingerprint density at radius 1 is 1.04 bits per heavy atom. The zero-order chi connectivity index (χ0) is 19.2. The monoisotopic (exact) mass is 385 g/mol. The number of hydrogen-bond donors (Lipinski definition) is 0. The zero-order valence-electron chi connectivity index (χ0n) is 15.8. The molecule has 0 atom stereocenters. The van der Waals surface area contributed by atoms with E-state index in [0.29, 0.717) is 25.9 Å². The van der Waals surface area contributed by atoms with Gasteiger partial charge in [0.25, 0.3) is 0 Å². The minimum absolute atomic E-state index is 0.0375. The molecule has 0 aliphatic rings. The lowest BCUT2D eigenvalue weighted by Crippen LogP contribution is -2.30. The SMILES string of the molecule is CSc1nc(C)c(CCC(=O)N(Cc2ccco2)Cc2ccco2)c(C)n1. The maximum Gasteiger partial charge on any atom is 0.223 e. The zero-order valence-corrected chi connectivity index (χ0v) is 16.6. The molecule has 0 unspecified atom stereocenters. The third-order valence-electron chi connectivity index (χ3n) is 4.38. The third kappa shape index (κ3) is 5.01. The number of thioether (sulfide) groups is 1. The topological polar surface area (TPSA) is 72.4 Å². The van der Waals surface area contributed by atoms with Crippen LogP contribution in [0.4, 0.5) is 0 Å². The number of hydrogen-bond acceptors (Lipinski definition) is 6. The van der Waals surface area contributed by atoms with Gasteiger partial charge in [-0.15, -0.1) is 0 Å². The summed E-state index contributed by atoms with van der Waals surface area (Å²) in [5, 5.41) is 0.761. The normalized spacial score (nSPS) is 10.9. The molecule has 0 saturated carbocycles. The molecule has 0 radical (unpaired) electrons. The number of rotatable bonds is 8. The number of aromatic nitrogens is 2. The highest BCUT2D eigenvalue weighted by atomic mass is 32.2. The van der Waals surface area contributed by atoms with Crippen molar-refractivity contribution in [2.75, 3.05) is 6.26 Å². The Morgan fingerprint density at radius 3 is 2.04 bits per heavy atom. The van der Waals surface area contributed by atoms with E-state index in [0.717, 1.165) is 33.6 Å². The van der Waals surface area contributed by atoms with Crippen LogP contribution < -0.4 is 0 Å². The first kappa shape index (κ1) is 19.2. The van der Waals surface area contributed by atoms with Gasteiger partial charge in [0, 0.05) is 17.8 Å². The van der Waals surface area contributed by atoms with Crippen molar-refractivity contribution in [2.24, 2.45) is 0 Å². The van der Waals surface area contributed by atoms with Gasteiger partial charge in [-0.25, -0.2) is 9.97 Å². The van der Waals surface area contributed by atoms with Crippen LogP contribution in [0, 0.1) is 13.8 Å². The number of carbonyl (C=O) groups excluding carboxylic acids is 1. The highest BCUT2D eigenvalue weighted by Crippen LogP contribution is 2.19. The van der Waals surface area contributed by atoms with Gasteiger partial charge in [-0.05, 0) is 56.4 Å². The molecule has 0 N–H and O–H groups in total. The molecule has 3 rings (SSSR count). The van der Waals surface area contributed by atoms with Crippen LogP contribution in [0.2, 0.25) is 0 Å². The van der Waals surface area contributed by atoms with E-state index in [-0.39, 0.29) is 5.91 Å². The molecule has 0 aliphatic carbocycles. The van der Waals surface area contributed by atoms with E-state index in [4.69, 9.17) is 8.83 Å². The van der Waals surface area contributed by atoms with E-state index >= 15 is 0 Å². The van der Waals surface area contributed by atoms with Crippen molar-refractivity contribution in [3.8, 4) is 0 Å². The first-order chi connectivity index (χ1) is 13.1. The lowest BCUT2D eigenvalue weighted by Gasteiger charge is -2.21. The van der Waals surface area contributed by atoms with Crippen molar-refractivity contribution in [3.63, 3.8) is 0 Å². The van der Waals surface area contributed by atoms with Crippen molar-refractivity contribution >= 4 is 17.7 Å². The number of nitrogens with zero attached hydrogens (tertiary/aromatic N) is 3. The molecule has 1 amide bonds. The van der Waals surface area contributed by atoms with Gasteiger partial charge in [0.2, 0.25) is 5.91 Å². The second-order valence-electron chi connectivity index (χ2n) is 6.27. The van der Waals surface area contributed by atoms with E-state index in [2.05, 4.69) is 9.97 Å². The van der Waals surface area contributed by atoms with Crippen LogP contribution in [0.15, 0.2) is 50.8 Å². The Kier molecular flexibility index (Phi) is 6.34. The second-order valence-corrected chi connectivity index (χ2v) is 7.04. The van der Waals surface area contributed by atoms with E-state index in [1.807, 2.05) is 44.4 Å². The van der Waals surface area contributed by atoms with E-state index < -0.39 is 0 Å². The quantitative estimate of drug-likeness (QED) is 0.428. The molecule has 142 valence electrons. The molecule has 6 nitrogen and oxygen atoms in total. The molecule has 3 heterocycles. The van der Waals surface area contributed by atoms with Gasteiger partial charge in [-0.2, -0.15) is 0 Å². The molecule has 0 spiro atoms. The van der Waals surface area contributed by atoms with Gasteiger partial charge in [-0.3, -0.25) is 4.79 Å². The van der Waals surface area contributed by atoms with E-state index in [9.17, 15) is 4.79 Å². The second kappa shape index (κ2) is 8.90. The summed E-state index contributed by atoms with van der Waals surface area (Å²) in [6.45, 7) is 4.76. The number of furan rings is 2. The van der Waals surface area contributed by atoms with Gasteiger partial charge in [0.05, 0.1) is 25.6 Å². The first-order valence-electron chi connectivity index (χ1n) is 8.77. The van der Waals surface area contributed by atoms with Crippen LogP contribution in [0.1, 0.15) is 34.9 Å². The molecule has 0 aromatic carbocycles. The van der Waals surface area contributed by atoms with Crippen LogP contribution in [0.3, 0.4) is 0 Å². The Bertz CT molecular complexity index is 817. The van der Waals surface area contributed by atoms with E-state index in [1.165, 1.54) is 11.8 Å². The summed E-state index contributed by atoms with van der Waals surface area (Å²) in [6.07, 6.45) is 6.17. The van der Waals surface area contributed by atoms with Crippen molar-refractivity contribution in [3.05, 3.63) is 65.3 Å². The fourth-order valence-electron chi connectivity index (χ4n) is 2.97. The molecular formula is C20H23N3O3S. The molecule has 7 heteroatoms. The summed E-state index contributed by atoms with van der Waals surface area (Å²) >= 11 is 1.52. The Labute approximate surface area is 163 Å². The smallest absolute Gasteiger partial charge is 0.223 e. The average molecular weight is 385 g/mol. The number of amides is 1. The summed E-state index contributed by atoms with van der Waals surface area (Å²) in [5.41, 5.74) is 2.91. The maximum absolute atomic E-state index is 12.9. The van der Waals surface area contributed by atoms with Gasteiger partial charge < -0.3 is 13.7 Å². The van der Waals surface area contributed by atoms with Crippen molar-refractivity contribution in [2.45, 2.75) is 44.9 Å². The van der Waals surface area contributed by atoms with Crippen LogP contribution in [-0.2, 0) is 24.3 Å². The maximum atomic E-state index is 12.9. The Hall–Kier alpha value is -2.54. The molecule has 3 aromatic heterocycles. The van der Waals surface area contributed by atoms with Gasteiger partial charge >= 0.3 is 0 Å². The lowest BCUT2D eigenvalue weighted by molar-refractivity contribution is -0.133. The molecule has 0 bridgehead atoms. The predicted octanol–water partition coefficient (Wildman–Crippen LogP) is 4.16. The third-order valence-corrected chi connectivity index (χ3v) is 4.93. The number of aryl methyl sites for hydroxylation is 2. The summed E-state index contributed by atoms with van der Waals surface area (Å²) in [7, 11) is 0. The molecule has 0 saturated heterocycles. The van der Waals surface area contributed by atoms with Crippen LogP contribution >= 0.6 is 11.8 Å². The molecule has 0 fully saturated rings. The van der Waals surface area contributed by atoms with Crippen LogP contribution in [0.5, 0.6) is 0 Å². The molecular weight excluding hydrogens is 362 g/mol. The van der Waals surface area contributed by atoms with E-state index in [1.54, 1.807) is 17.4 Å². The first-order valence-corrected chi connectivity index (χ1v) is 10.00. The predicted molar refractivity (Wildman–Crippen MR) is 103 cm³/mol. The average Bonchev–Trinajstić information content (AvgIpc) is 3.34. The van der Waals surface area contributed by atoms with Gasteiger partial charge in [-0.1, -0.05) is 11.8 Å². The van der Waals surface area contributed by atoms with Gasteiger partial charge in [0.1, 0.15) is 11.5 Å². The fraction of sp³-hybridized carbons (Fsp3) is 0.350. The Balaban J connectivity index is 1.70. The molecule has 27 heavy (non-hydrogen) atoms. The van der Waals surface area contributed by atoms with Crippen molar-refractivity contribution < 1.29 is 13.6 Å². The minimum Gasteiger partial charge on any atom is -0.467 e. The standard InChI is InChI=1S/C20H23N3O3S/c1-14-18(15(2)22-20(21-14)27-3)8-9-19(24)23(12-16-6-4-10-25-16)13-17-7-5-11-26-17/h4-7,10-11H,8-9,12-13H2,1-3H3. The highest BCUT2D eigenvalue weighted by molar-refractivity contribution is 7.98. The minimum atomic E-state index is 0.0375. The highest BCUT2D eigenvalue weighted by Gasteiger charge is 2.18. The lowest BCUT2D eigenvalue weighted by atomic mass is 10.1. The molecule has 3 aromatic rings. The summed E-state index contributed by atoms with van der Waals surface area (Å²) in [5.74, 6) is 1.53. The van der Waals surface area contributed by atoms with Crippen LogP contribution in [-0.4, -0.2) is 27.0 Å². The van der Waals surface area contributed by atoms with Crippen molar-refractivity contribution in [1.29, 1.82) is 0 Å². The fourth-order valence-corrected chi connectivity index (χ4v) is 3.42. The summed E-state index contributed by atoms with van der Waals surface area (Å²) in [4.78, 5) is 23.6. The van der Waals surface area contributed by atoms with Gasteiger partial charge in [0.15, 0.2) is 5.16 Å². The van der Waals surface area contributed by atoms with Crippen molar-refractivity contribution in [1.82, 2.24) is 14.9 Å². The summed E-state index contributed by atoms with van der Waals surface area (Å²) < 4.78 is 10.8. The molecule has 0 aliphatic heterocycles. The largest absolute Gasteiger partial charge is 0.467 e. The number of carbonyl (C=O) groups is 1.